The Morgan fingerprint density at radius 1 is 1.44 bits per heavy atom. The van der Waals surface area contributed by atoms with E-state index in [9.17, 15) is 17.6 Å². The maximum absolute atomic E-state index is 13.4. The van der Waals surface area contributed by atoms with Crippen LogP contribution in [0.3, 0.4) is 0 Å². The number of amides is 1. The maximum Gasteiger partial charge on any atom is 0.254 e. The van der Waals surface area contributed by atoms with Crippen LogP contribution in [0.15, 0.2) is 22.7 Å². The number of benzene rings is 1. The predicted octanol–water partition coefficient (Wildman–Crippen LogP) is 0.867. The lowest BCUT2D eigenvalue weighted by Gasteiger charge is -2.06. The Morgan fingerprint density at radius 3 is 2.67 bits per heavy atom. The molecule has 0 radical (unpaired) electrons. The molecular weight excluding hydrogens is 327 g/mol. The Labute approximate surface area is 113 Å². The van der Waals surface area contributed by atoms with Gasteiger partial charge in [0.1, 0.15) is 5.82 Å². The molecule has 0 bridgehead atoms. The summed E-state index contributed by atoms with van der Waals surface area (Å²) in [5.41, 5.74) is -0.125. The lowest BCUT2D eigenvalue weighted by Crippen LogP contribution is -2.33. The topological polar surface area (TPSA) is 75.3 Å². The van der Waals surface area contributed by atoms with Gasteiger partial charge in [0.25, 0.3) is 5.91 Å². The number of hydrogen-bond donors (Lipinski definition) is 2. The third-order valence-corrected chi connectivity index (χ3v) is 4.00. The van der Waals surface area contributed by atoms with Crippen molar-refractivity contribution in [2.75, 3.05) is 19.3 Å². The molecule has 0 saturated carbocycles. The van der Waals surface area contributed by atoms with Gasteiger partial charge in [0, 0.05) is 11.0 Å². The fourth-order valence-corrected chi connectivity index (χ4v) is 2.08. The smallest absolute Gasteiger partial charge is 0.254 e. The van der Waals surface area contributed by atoms with Crippen LogP contribution in [0.2, 0.25) is 0 Å². The van der Waals surface area contributed by atoms with Crippen molar-refractivity contribution in [1.82, 2.24) is 10.0 Å². The summed E-state index contributed by atoms with van der Waals surface area (Å²) in [4.78, 5) is 11.6. The fraction of sp³-hybridized carbons (Fsp3) is 0.300. The van der Waals surface area contributed by atoms with Gasteiger partial charge in [-0.2, -0.15) is 0 Å². The zero-order valence-corrected chi connectivity index (χ0v) is 11.9. The molecule has 0 atom stereocenters. The first-order valence-electron chi connectivity index (χ1n) is 5.00. The van der Waals surface area contributed by atoms with Gasteiger partial charge in [0.05, 0.1) is 11.3 Å². The number of nitrogens with one attached hydrogen (secondary N) is 2. The Bertz CT molecular complexity index is 548. The molecule has 1 rings (SSSR count). The molecule has 0 aliphatic heterocycles. The van der Waals surface area contributed by atoms with Crippen molar-refractivity contribution < 1.29 is 17.6 Å². The third-order valence-electron chi connectivity index (χ3n) is 2.14. The molecule has 2 N–H and O–H groups in total. The van der Waals surface area contributed by atoms with Gasteiger partial charge in [-0.3, -0.25) is 4.79 Å². The van der Waals surface area contributed by atoms with Crippen LogP contribution in [0, 0.1) is 5.82 Å². The van der Waals surface area contributed by atoms with Crippen molar-refractivity contribution in [1.29, 1.82) is 0 Å². The van der Waals surface area contributed by atoms with Crippen molar-refractivity contribution in [2.45, 2.75) is 0 Å². The average Bonchev–Trinajstić information content (AvgIpc) is 2.28. The second-order valence-electron chi connectivity index (χ2n) is 3.40. The number of hydrogen-bond acceptors (Lipinski definition) is 3. The highest BCUT2D eigenvalue weighted by Crippen LogP contribution is 2.14. The largest absolute Gasteiger partial charge is 0.351 e. The zero-order valence-electron chi connectivity index (χ0n) is 9.54. The van der Waals surface area contributed by atoms with E-state index >= 15 is 0 Å². The molecule has 18 heavy (non-hydrogen) atoms. The number of halogens is 2. The SMILES string of the molecule is CNS(=O)(=O)CCNC(=O)c1ccc(Br)cc1F. The minimum Gasteiger partial charge on any atom is -0.351 e. The summed E-state index contributed by atoms with van der Waals surface area (Å²) in [6.07, 6.45) is 0. The van der Waals surface area contributed by atoms with Crippen LogP contribution >= 0.6 is 15.9 Å². The monoisotopic (exact) mass is 338 g/mol. The van der Waals surface area contributed by atoms with E-state index < -0.39 is 21.7 Å². The van der Waals surface area contributed by atoms with Crippen LogP contribution in [0.4, 0.5) is 4.39 Å². The average molecular weight is 339 g/mol. The molecular formula is C10H12BrFN2O3S. The van der Waals surface area contributed by atoms with Crippen molar-refractivity contribution >= 4 is 31.9 Å². The first-order valence-corrected chi connectivity index (χ1v) is 7.45. The highest BCUT2D eigenvalue weighted by atomic mass is 79.9. The summed E-state index contributed by atoms with van der Waals surface area (Å²) in [5, 5.41) is 2.34. The van der Waals surface area contributed by atoms with Crippen molar-refractivity contribution in [2.24, 2.45) is 0 Å². The first kappa shape index (κ1) is 15.1. The van der Waals surface area contributed by atoms with E-state index in [2.05, 4.69) is 26.0 Å². The molecule has 100 valence electrons. The normalized spacial score (nSPS) is 11.3. The Hall–Kier alpha value is -0.990. The molecule has 1 aromatic rings. The van der Waals surface area contributed by atoms with E-state index in [1.807, 2.05) is 0 Å². The molecule has 1 aromatic carbocycles. The number of carbonyl (C=O) groups excluding carboxylic acids is 1. The quantitative estimate of drug-likeness (QED) is 0.836. The van der Waals surface area contributed by atoms with Crippen LogP contribution in [-0.2, 0) is 10.0 Å². The van der Waals surface area contributed by atoms with Crippen LogP contribution in [0.1, 0.15) is 10.4 Å². The van der Waals surface area contributed by atoms with Gasteiger partial charge in [-0.05, 0) is 25.2 Å². The maximum atomic E-state index is 13.4. The fourth-order valence-electron chi connectivity index (χ4n) is 1.17. The van der Waals surface area contributed by atoms with Crippen LogP contribution in [0.5, 0.6) is 0 Å². The van der Waals surface area contributed by atoms with E-state index in [1.54, 1.807) is 0 Å². The molecule has 0 aliphatic rings. The van der Waals surface area contributed by atoms with Crippen molar-refractivity contribution in [3.8, 4) is 0 Å². The minimum absolute atomic E-state index is 0.0858. The molecule has 0 aliphatic carbocycles. The molecule has 0 saturated heterocycles. The lowest BCUT2D eigenvalue weighted by atomic mass is 10.2. The molecule has 0 fully saturated rings. The van der Waals surface area contributed by atoms with Gasteiger partial charge in [-0.15, -0.1) is 0 Å². The summed E-state index contributed by atoms with van der Waals surface area (Å²) < 4.78 is 38.2. The lowest BCUT2D eigenvalue weighted by molar-refractivity contribution is 0.0952. The summed E-state index contributed by atoms with van der Waals surface area (Å²) in [7, 11) is -2.10. The van der Waals surface area contributed by atoms with Gasteiger partial charge in [0.2, 0.25) is 10.0 Å². The Morgan fingerprint density at radius 2 is 2.11 bits per heavy atom. The standard InChI is InChI=1S/C10H12BrFN2O3S/c1-13-18(16,17)5-4-14-10(15)8-3-2-7(11)6-9(8)12/h2-3,6,13H,4-5H2,1H3,(H,14,15). The third kappa shape index (κ3) is 4.35. The van der Waals surface area contributed by atoms with Gasteiger partial charge in [-0.25, -0.2) is 17.5 Å². The summed E-state index contributed by atoms with van der Waals surface area (Å²) >= 11 is 3.07. The van der Waals surface area contributed by atoms with E-state index in [1.165, 1.54) is 25.2 Å². The number of carbonyl (C=O) groups is 1. The summed E-state index contributed by atoms with van der Waals surface area (Å²) in [5.74, 6) is -1.57. The molecule has 1 amide bonds. The van der Waals surface area contributed by atoms with Crippen LogP contribution < -0.4 is 10.0 Å². The Kier molecular flexibility index (Phi) is 5.24. The molecule has 0 spiro atoms. The first-order chi connectivity index (χ1) is 8.35. The number of rotatable bonds is 5. The highest BCUT2D eigenvalue weighted by molar-refractivity contribution is 9.10. The van der Waals surface area contributed by atoms with Gasteiger partial charge < -0.3 is 5.32 Å². The highest BCUT2D eigenvalue weighted by Gasteiger charge is 2.13. The van der Waals surface area contributed by atoms with E-state index in [0.29, 0.717) is 4.47 Å². The minimum atomic E-state index is -3.38. The zero-order chi connectivity index (χ0) is 13.8. The molecule has 0 aromatic heterocycles. The predicted molar refractivity (Wildman–Crippen MR) is 69.3 cm³/mol. The summed E-state index contributed by atoms with van der Waals surface area (Å²) in [6.45, 7) is -0.0858. The van der Waals surface area contributed by atoms with Gasteiger partial charge in [-0.1, -0.05) is 15.9 Å². The van der Waals surface area contributed by atoms with E-state index in [0.717, 1.165) is 0 Å². The second kappa shape index (κ2) is 6.26. The van der Waals surface area contributed by atoms with Gasteiger partial charge >= 0.3 is 0 Å². The molecule has 0 unspecified atom stereocenters. The van der Waals surface area contributed by atoms with Gasteiger partial charge in [0.15, 0.2) is 0 Å². The van der Waals surface area contributed by atoms with E-state index in [4.69, 9.17) is 0 Å². The molecule has 5 nitrogen and oxygen atoms in total. The molecule has 8 heteroatoms. The van der Waals surface area contributed by atoms with Crippen LogP contribution in [0.25, 0.3) is 0 Å². The Balaban J connectivity index is 2.61. The number of sulfonamides is 1. The van der Waals surface area contributed by atoms with Crippen LogP contribution in [-0.4, -0.2) is 33.7 Å². The summed E-state index contributed by atoms with van der Waals surface area (Å²) in [6, 6.07) is 4.02. The van der Waals surface area contributed by atoms with Crippen molar-refractivity contribution in [3.63, 3.8) is 0 Å². The van der Waals surface area contributed by atoms with Crippen molar-refractivity contribution in [3.05, 3.63) is 34.1 Å². The second-order valence-corrected chi connectivity index (χ2v) is 6.36. The van der Waals surface area contributed by atoms with E-state index in [-0.39, 0.29) is 17.9 Å². The molecule has 0 heterocycles.